The van der Waals surface area contributed by atoms with E-state index in [9.17, 15) is 14.4 Å². The molecule has 2 aromatic heterocycles. The summed E-state index contributed by atoms with van der Waals surface area (Å²) in [5.74, 6) is -0.204. The summed E-state index contributed by atoms with van der Waals surface area (Å²) in [5, 5.41) is 11.8. The molecule has 0 atom stereocenters. The van der Waals surface area contributed by atoms with Crippen molar-refractivity contribution in [2.24, 2.45) is 0 Å². The molecule has 1 aliphatic rings. The fourth-order valence-electron chi connectivity index (χ4n) is 4.93. The lowest BCUT2D eigenvalue weighted by molar-refractivity contribution is -0.132. The van der Waals surface area contributed by atoms with E-state index in [1.165, 1.54) is 0 Å². The SMILES string of the molecule is CCCC(=O)c1cnn(-c2ccc(NC(=O)c3cn(CC(=O)N4CCNCC4)c4ccc(Cl)cc34)cc2)c1C. The molecule has 0 radical (unpaired) electrons. The van der Waals surface area contributed by atoms with Crippen molar-refractivity contribution < 1.29 is 14.4 Å². The Morgan fingerprint density at radius 1 is 1.05 bits per heavy atom. The molecule has 202 valence electrons. The smallest absolute Gasteiger partial charge is 0.257 e. The van der Waals surface area contributed by atoms with E-state index >= 15 is 0 Å². The molecule has 0 unspecified atom stereocenters. The zero-order chi connectivity index (χ0) is 27.5. The Morgan fingerprint density at radius 3 is 2.51 bits per heavy atom. The zero-order valence-corrected chi connectivity index (χ0v) is 22.8. The van der Waals surface area contributed by atoms with Crippen LogP contribution < -0.4 is 10.6 Å². The van der Waals surface area contributed by atoms with Crippen LogP contribution in [0.5, 0.6) is 0 Å². The Morgan fingerprint density at radius 2 is 1.79 bits per heavy atom. The highest BCUT2D eigenvalue weighted by Crippen LogP contribution is 2.27. The van der Waals surface area contributed by atoms with Gasteiger partial charge < -0.3 is 20.1 Å². The van der Waals surface area contributed by atoms with Gasteiger partial charge in [-0.25, -0.2) is 4.68 Å². The number of nitrogens with one attached hydrogen (secondary N) is 2. The molecule has 0 spiro atoms. The first-order chi connectivity index (χ1) is 18.9. The number of amides is 2. The van der Waals surface area contributed by atoms with Gasteiger partial charge in [0.25, 0.3) is 5.91 Å². The van der Waals surface area contributed by atoms with Crippen molar-refractivity contribution >= 4 is 45.8 Å². The summed E-state index contributed by atoms with van der Waals surface area (Å²) in [6.45, 7) is 6.88. The number of anilines is 1. The van der Waals surface area contributed by atoms with Crippen molar-refractivity contribution in [2.75, 3.05) is 31.5 Å². The average molecular weight is 547 g/mol. The summed E-state index contributed by atoms with van der Waals surface area (Å²) in [5.41, 5.74) is 4.01. The second-order valence-corrected chi connectivity index (χ2v) is 10.1. The topological polar surface area (TPSA) is 101 Å². The fraction of sp³-hybridized carbons (Fsp3) is 0.310. The number of aromatic nitrogens is 3. The highest BCUT2D eigenvalue weighted by molar-refractivity contribution is 6.31. The van der Waals surface area contributed by atoms with Crippen LogP contribution in [0.3, 0.4) is 0 Å². The van der Waals surface area contributed by atoms with Crippen LogP contribution in [0.2, 0.25) is 5.02 Å². The summed E-state index contributed by atoms with van der Waals surface area (Å²) >= 11 is 6.27. The van der Waals surface area contributed by atoms with Gasteiger partial charge in [-0.1, -0.05) is 18.5 Å². The monoisotopic (exact) mass is 546 g/mol. The number of ketones is 1. The summed E-state index contributed by atoms with van der Waals surface area (Å²) in [4.78, 5) is 40.5. The van der Waals surface area contributed by atoms with Crippen LogP contribution in [0.4, 0.5) is 5.69 Å². The second-order valence-electron chi connectivity index (χ2n) is 9.69. The van der Waals surface area contributed by atoms with E-state index in [0.29, 0.717) is 46.7 Å². The first-order valence-corrected chi connectivity index (χ1v) is 13.5. The first-order valence-electron chi connectivity index (χ1n) is 13.1. The molecule has 39 heavy (non-hydrogen) atoms. The number of benzene rings is 2. The minimum atomic E-state index is -0.300. The molecule has 2 amide bonds. The van der Waals surface area contributed by atoms with Gasteiger partial charge in [-0.3, -0.25) is 14.4 Å². The molecule has 5 rings (SSSR count). The lowest BCUT2D eigenvalue weighted by Crippen LogP contribution is -2.47. The van der Waals surface area contributed by atoms with E-state index in [-0.39, 0.29) is 24.1 Å². The van der Waals surface area contributed by atoms with Gasteiger partial charge in [0.15, 0.2) is 5.78 Å². The highest BCUT2D eigenvalue weighted by Gasteiger charge is 2.21. The summed E-state index contributed by atoms with van der Waals surface area (Å²) < 4.78 is 3.53. The normalized spacial score (nSPS) is 13.6. The number of nitrogens with zero attached hydrogens (tertiary/aromatic N) is 4. The highest BCUT2D eigenvalue weighted by atomic mass is 35.5. The standard InChI is InChI=1S/C29H31ClN6O3/c1-3-4-27(37)24-16-32-36(19(24)2)22-8-6-21(7-9-22)33-29(39)25-17-35(26-10-5-20(30)15-23(25)26)18-28(38)34-13-11-31-12-14-34/h5-10,15-17,31H,3-4,11-14,18H2,1-2H3,(H,33,39). The van der Waals surface area contributed by atoms with Gasteiger partial charge in [0.05, 0.1) is 28.7 Å². The van der Waals surface area contributed by atoms with Crippen LogP contribution in [-0.2, 0) is 11.3 Å². The lowest BCUT2D eigenvalue weighted by Gasteiger charge is -2.27. The Bertz CT molecular complexity index is 1530. The Balaban J connectivity index is 1.35. The molecule has 1 fully saturated rings. The van der Waals surface area contributed by atoms with E-state index in [0.717, 1.165) is 36.4 Å². The second kappa shape index (κ2) is 11.4. The van der Waals surface area contributed by atoms with E-state index in [1.807, 2.05) is 41.5 Å². The van der Waals surface area contributed by atoms with Gasteiger partial charge in [-0.2, -0.15) is 5.10 Å². The molecule has 1 saturated heterocycles. The number of carbonyl (C=O) groups is 3. The van der Waals surface area contributed by atoms with Gasteiger partial charge in [0, 0.05) is 60.4 Å². The van der Waals surface area contributed by atoms with Gasteiger partial charge in [0.1, 0.15) is 6.54 Å². The zero-order valence-electron chi connectivity index (χ0n) is 22.0. The number of Topliss-reactive ketones (excluding diaryl/α,β-unsaturated/α-hetero) is 1. The molecular weight excluding hydrogens is 516 g/mol. The Labute approximate surface area is 231 Å². The van der Waals surface area contributed by atoms with Gasteiger partial charge in [0.2, 0.25) is 5.91 Å². The van der Waals surface area contributed by atoms with E-state index in [4.69, 9.17) is 11.6 Å². The molecule has 2 aromatic carbocycles. The Hall–Kier alpha value is -3.95. The number of carbonyl (C=O) groups excluding carboxylic acids is 3. The van der Waals surface area contributed by atoms with Gasteiger partial charge in [-0.05, 0) is 55.8 Å². The third-order valence-corrected chi connectivity index (χ3v) is 7.26. The number of halogens is 1. The molecule has 10 heteroatoms. The molecule has 1 aliphatic heterocycles. The molecular formula is C29H31ClN6O3. The predicted molar refractivity (Wildman–Crippen MR) is 152 cm³/mol. The third kappa shape index (κ3) is 5.60. The van der Waals surface area contributed by atoms with Crippen molar-refractivity contribution in [1.29, 1.82) is 0 Å². The molecule has 0 aliphatic carbocycles. The maximum Gasteiger partial charge on any atom is 0.257 e. The quantitative estimate of drug-likeness (QED) is 0.318. The first kappa shape index (κ1) is 26.6. The minimum absolute atomic E-state index is 0.0133. The van der Waals surface area contributed by atoms with E-state index in [1.54, 1.807) is 41.3 Å². The largest absolute Gasteiger partial charge is 0.339 e. The molecule has 2 N–H and O–H groups in total. The summed E-state index contributed by atoms with van der Waals surface area (Å²) in [6.07, 6.45) is 4.60. The van der Waals surface area contributed by atoms with Gasteiger partial charge in [-0.15, -0.1) is 0 Å². The van der Waals surface area contributed by atoms with Crippen molar-refractivity contribution in [3.8, 4) is 5.69 Å². The number of rotatable bonds is 8. The van der Waals surface area contributed by atoms with E-state index < -0.39 is 0 Å². The van der Waals surface area contributed by atoms with Crippen LogP contribution in [0.15, 0.2) is 54.9 Å². The molecule has 9 nitrogen and oxygen atoms in total. The summed E-state index contributed by atoms with van der Waals surface area (Å²) in [7, 11) is 0. The van der Waals surface area contributed by atoms with Crippen LogP contribution in [0.1, 0.15) is 46.2 Å². The van der Waals surface area contributed by atoms with Crippen LogP contribution >= 0.6 is 11.6 Å². The third-order valence-electron chi connectivity index (χ3n) is 7.02. The van der Waals surface area contributed by atoms with Crippen molar-refractivity contribution in [3.63, 3.8) is 0 Å². The molecule has 3 heterocycles. The van der Waals surface area contributed by atoms with Gasteiger partial charge >= 0.3 is 0 Å². The number of hydrogen-bond acceptors (Lipinski definition) is 5. The van der Waals surface area contributed by atoms with Crippen LogP contribution in [0, 0.1) is 6.92 Å². The predicted octanol–water partition coefficient (Wildman–Crippen LogP) is 4.46. The van der Waals surface area contributed by atoms with E-state index in [2.05, 4.69) is 15.7 Å². The van der Waals surface area contributed by atoms with Crippen molar-refractivity contribution in [3.05, 3.63) is 76.7 Å². The van der Waals surface area contributed by atoms with Crippen LogP contribution in [-0.4, -0.2) is 63.0 Å². The molecule has 0 saturated carbocycles. The lowest BCUT2D eigenvalue weighted by atomic mass is 10.1. The van der Waals surface area contributed by atoms with Crippen LogP contribution in [0.25, 0.3) is 16.6 Å². The minimum Gasteiger partial charge on any atom is -0.339 e. The number of piperazine rings is 1. The average Bonchev–Trinajstić information content (AvgIpc) is 3.50. The fourth-order valence-corrected chi connectivity index (χ4v) is 5.10. The number of hydrogen-bond donors (Lipinski definition) is 2. The van der Waals surface area contributed by atoms with Crippen molar-refractivity contribution in [2.45, 2.75) is 33.2 Å². The Kier molecular flexibility index (Phi) is 7.81. The molecule has 4 aromatic rings. The maximum atomic E-state index is 13.4. The maximum absolute atomic E-state index is 13.4. The van der Waals surface area contributed by atoms with Crippen molar-refractivity contribution in [1.82, 2.24) is 24.6 Å². The molecule has 0 bridgehead atoms. The summed E-state index contributed by atoms with van der Waals surface area (Å²) in [6, 6.07) is 12.6. The number of fused-ring (bicyclic) bond motifs is 1.